The van der Waals surface area contributed by atoms with Crippen molar-refractivity contribution >= 4 is 0 Å². The van der Waals surface area contributed by atoms with E-state index in [-0.39, 0.29) is 0 Å². The summed E-state index contributed by atoms with van der Waals surface area (Å²) in [5.41, 5.74) is -0.751. The molecule has 1 heterocycles. The van der Waals surface area contributed by atoms with E-state index in [1.54, 1.807) is 0 Å². The monoisotopic (exact) mass is 208 g/mol. The zero-order valence-corrected chi connectivity index (χ0v) is 6.64. The van der Waals surface area contributed by atoms with Crippen LogP contribution in [0.25, 0.3) is 0 Å². The fourth-order valence-corrected chi connectivity index (χ4v) is 1.15. The molecule has 1 aromatic rings. The van der Waals surface area contributed by atoms with Gasteiger partial charge in [0.25, 0.3) is 0 Å². The number of fused-ring (bicyclic) bond motifs is 1. The average Bonchev–Trinajstić information content (AvgIpc) is 2.10. The molecule has 0 saturated heterocycles. The van der Waals surface area contributed by atoms with Gasteiger partial charge in [-0.15, -0.1) is 0 Å². The molecule has 1 aliphatic heterocycles. The minimum Gasteiger partial charge on any atom is -0.437 e. The van der Waals surface area contributed by atoms with Crippen molar-refractivity contribution in [3.05, 3.63) is 29.3 Å². The second kappa shape index (κ2) is 3.13. The average molecular weight is 208 g/mol. The van der Waals surface area contributed by atoms with E-state index in [4.69, 9.17) is 0 Å². The van der Waals surface area contributed by atoms with Crippen LogP contribution in [-0.2, 0) is 4.74 Å². The van der Waals surface area contributed by atoms with Gasteiger partial charge in [-0.2, -0.15) is 4.39 Å². The molecule has 0 amide bonds. The Morgan fingerprint density at radius 3 is 2.57 bits per heavy atom. The van der Waals surface area contributed by atoms with Gasteiger partial charge in [0.05, 0.1) is 5.56 Å². The molecule has 0 radical (unpaired) electrons. The van der Waals surface area contributed by atoms with Crippen molar-refractivity contribution in [3.63, 3.8) is 0 Å². The Balaban J connectivity index is 2.54. The van der Waals surface area contributed by atoms with E-state index >= 15 is 0 Å². The van der Waals surface area contributed by atoms with Gasteiger partial charge < -0.3 is 4.74 Å². The summed E-state index contributed by atoms with van der Waals surface area (Å²) < 4.78 is 59.1. The molecule has 2 atom stereocenters. The highest BCUT2D eigenvalue weighted by atomic mass is 19.2. The highest BCUT2D eigenvalue weighted by Crippen LogP contribution is 2.38. The summed E-state index contributed by atoms with van der Waals surface area (Å²) in [6.07, 6.45) is -2.36. The Morgan fingerprint density at radius 1 is 1.14 bits per heavy atom. The van der Waals surface area contributed by atoms with Gasteiger partial charge in [-0.25, -0.2) is 13.2 Å². The molecule has 2 nitrogen and oxygen atoms in total. The number of alkyl halides is 2. The van der Waals surface area contributed by atoms with E-state index in [9.17, 15) is 17.6 Å². The first kappa shape index (κ1) is 9.26. The summed E-state index contributed by atoms with van der Waals surface area (Å²) in [6, 6.07) is 1.66. The van der Waals surface area contributed by atoms with Gasteiger partial charge in [-0.3, -0.25) is 4.74 Å². The second-order valence-corrected chi connectivity index (χ2v) is 2.62. The van der Waals surface area contributed by atoms with E-state index in [1.807, 2.05) is 0 Å². The van der Waals surface area contributed by atoms with Gasteiger partial charge in [0, 0.05) is 0 Å². The van der Waals surface area contributed by atoms with E-state index in [0.29, 0.717) is 0 Å². The maximum atomic E-state index is 13.0. The smallest absolute Gasteiger partial charge is 0.355 e. The summed E-state index contributed by atoms with van der Waals surface area (Å²) in [5, 5.41) is 0. The minimum atomic E-state index is -2.36. The molecule has 0 N–H and O–H groups in total. The fourth-order valence-electron chi connectivity index (χ4n) is 1.15. The largest absolute Gasteiger partial charge is 0.437 e. The van der Waals surface area contributed by atoms with Gasteiger partial charge in [0.2, 0.25) is 6.36 Å². The molecule has 1 aromatic carbocycles. The van der Waals surface area contributed by atoms with Crippen LogP contribution in [0, 0.1) is 11.6 Å². The SMILES string of the molecule is Fc1ccc2c(c1F)C(F)OC(F)O2. The van der Waals surface area contributed by atoms with Gasteiger partial charge >= 0.3 is 6.54 Å². The van der Waals surface area contributed by atoms with Crippen molar-refractivity contribution in [2.24, 2.45) is 0 Å². The molecular weight excluding hydrogens is 204 g/mol. The predicted octanol–water partition coefficient (Wildman–Crippen LogP) is 2.60. The standard InChI is InChI=1S/C8H4F4O2/c9-3-1-2-4-5(6(3)10)7(11)14-8(12)13-4/h1-2,7-8H. The number of hydrogen-bond donors (Lipinski definition) is 0. The highest BCUT2D eigenvalue weighted by molar-refractivity contribution is 5.37. The third-order valence-corrected chi connectivity index (χ3v) is 1.77. The van der Waals surface area contributed by atoms with E-state index in [2.05, 4.69) is 9.47 Å². The topological polar surface area (TPSA) is 18.5 Å². The molecule has 0 saturated carbocycles. The molecule has 0 fully saturated rings. The lowest BCUT2D eigenvalue weighted by atomic mass is 10.1. The van der Waals surface area contributed by atoms with Crippen LogP contribution in [0.5, 0.6) is 5.75 Å². The molecule has 1 aliphatic rings. The molecule has 76 valence electrons. The summed E-state index contributed by atoms with van der Waals surface area (Å²) in [4.78, 5) is 0. The van der Waals surface area contributed by atoms with Crippen LogP contribution in [0.2, 0.25) is 0 Å². The summed E-state index contributed by atoms with van der Waals surface area (Å²) in [6.45, 7) is -2.30. The lowest BCUT2D eigenvalue weighted by Gasteiger charge is -2.23. The van der Waals surface area contributed by atoms with Crippen LogP contribution < -0.4 is 4.74 Å². The Morgan fingerprint density at radius 2 is 1.86 bits per heavy atom. The second-order valence-electron chi connectivity index (χ2n) is 2.62. The summed E-state index contributed by atoms with van der Waals surface area (Å²) in [7, 11) is 0. The predicted molar refractivity (Wildman–Crippen MR) is 36.8 cm³/mol. The Kier molecular flexibility index (Phi) is 2.07. The fraction of sp³-hybridized carbons (Fsp3) is 0.250. The first-order valence-electron chi connectivity index (χ1n) is 3.67. The summed E-state index contributed by atoms with van der Waals surface area (Å²) >= 11 is 0. The van der Waals surface area contributed by atoms with Crippen LogP contribution in [0.1, 0.15) is 11.9 Å². The quantitative estimate of drug-likeness (QED) is 0.610. The maximum Gasteiger partial charge on any atom is 0.355 e. The number of benzene rings is 1. The highest BCUT2D eigenvalue weighted by Gasteiger charge is 2.32. The van der Waals surface area contributed by atoms with Crippen molar-refractivity contribution in [3.8, 4) is 5.75 Å². The first-order chi connectivity index (χ1) is 6.59. The zero-order chi connectivity index (χ0) is 10.3. The van der Waals surface area contributed by atoms with Crippen LogP contribution in [-0.4, -0.2) is 6.54 Å². The lowest BCUT2D eigenvalue weighted by Crippen LogP contribution is -2.24. The molecular formula is C8H4F4O2. The molecule has 14 heavy (non-hydrogen) atoms. The third kappa shape index (κ3) is 1.31. The molecule has 0 aliphatic carbocycles. The number of halogens is 4. The van der Waals surface area contributed by atoms with Crippen LogP contribution in [0.4, 0.5) is 17.6 Å². The van der Waals surface area contributed by atoms with E-state index in [0.717, 1.165) is 12.1 Å². The molecule has 2 unspecified atom stereocenters. The van der Waals surface area contributed by atoms with E-state index < -0.39 is 35.8 Å². The maximum absolute atomic E-state index is 13.0. The van der Waals surface area contributed by atoms with Crippen molar-refractivity contribution in [1.82, 2.24) is 0 Å². The molecule has 0 spiro atoms. The number of ether oxygens (including phenoxy) is 2. The van der Waals surface area contributed by atoms with Crippen molar-refractivity contribution < 1.29 is 27.0 Å². The van der Waals surface area contributed by atoms with Gasteiger partial charge in [-0.1, -0.05) is 0 Å². The van der Waals surface area contributed by atoms with Crippen molar-refractivity contribution in [2.75, 3.05) is 0 Å². The Bertz CT molecular complexity index is 369. The summed E-state index contributed by atoms with van der Waals surface area (Å²) in [5.74, 6) is -3.06. The number of hydrogen-bond acceptors (Lipinski definition) is 2. The van der Waals surface area contributed by atoms with Crippen LogP contribution in [0.15, 0.2) is 12.1 Å². The lowest BCUT2D eigenvalue weighted by molar-refractivity contribution is -0.245. The van der Waals surface area contributed by atoms with Crippen molar-refractivity contribution in [1.29, 1.82) is 0 Å². The first-order valence-corrected chi connectivity index (χ1v) is 3.67. The Labute approximate surface area is 76.0 Å². The van der Waals surface area contributed by atoms with Gasteiger partial charge in [0.15, 0.2) is 11.6 Å². The molecule has 6 heteroatoms. The van der Waals surface area contributed by atoms with Crippen LogP contribution >= 0.6 is 0 Å². The van der Waals surface area contributed by atoms with Gasteiger partial charge in [-0.05, 0) is 12.1 Å². The Hall–Kier alpha value is -1.30. The van der Waals surface area contributed by atoms with E-state index in [1.165, 1.54) is 0 Å². The van der Waals surface area contributed by atoms with Crippen LogP contribution in [0.3, 0.4) is 0 Å². The molecule has 0 bridgehead atoms. The molecule has 0 aromatic heterocycles. The van der Waals surface area contributed by atoms with Crippen molar-refractivity contribution in [2.45, 2.75) is 12.9 Å². The number of rotatable bonds is 0. The molecule has 2 rings (SSSR count). The zero-order valence-electron chi connectivity index (χ0n) is 6.64. The minimum absolute atomic E-state index is 0.393. The van der Waals surface area contributed by atoms with Gasteiger partial charge in [0.1, 0.15) is 5.75 Å². The normalized spacial score (nSPS) is 25.4. The third-order valence-electron chi connectivity index (χ3n) is 1.77.